The van der Waals surface area contributed by atoms with Gasteiger partial charge < -0.3 is 11.1 Å². The maximum Gasteiger partial charge on any atom is 0.107 e. The van der Waals surface area contributed by atoms with Crippen molar-refractivity contribution in [1.29, 1.82) is 0 Å². The second-order valence-electron chi connectivity index (χ2n) is 4.76. The summed E-state index contributed by atoms with van der Waals surface area (Å²) in [4.78, 5) is 1.63. The Balaban J connectivity index is 2.03. The molecule has 3 N–H and O–H groups in total. The first kappa shape index (κ1) is 13.7. The smallest absolute Gasteiger partial charge is 0.107 e. The lowest BCUT2D eigenvalue weighted by Crippen LogP contribution is -2.18. The highest BCUT2D eigenvalue weighted by atomic mass is 32.2. The van der Waals surface area contributed by atoms with Gasteiger partial charge in [0.1, 0.15) is 4.99 Å². The first-order valence-electron chi connectivity index (χ1n) is 6.43. The van der Waals surface area contributed by atoms with E-state index < -0.39 is 0 Å². The summed E-state index contributed by atoms with van der Waals surface area (Å²) in [5.41, 5.74) is 7.91. The lowest BCUT2D eigenvalue weighted by molar-refractivity contribution is 0.303. The molecule has 1 aromatic carbocycles. The molecular weight excluding hydrogens is 260 g/mol. The van der Waals surface area contributed by atoms with Crippen molar-refractivity contribution in [1.82, 2.24) is 0 Å². The van der Waals surface area contributed by atoms with Gasteiger partial charge in [-0.1, -0.05) is 37.5 Å². The van der Waals surface area contributed by atoms with Crippen LogP contribution in [-0.2, 0) is 0 Å². The average molecular weight is 280 g/mol. The molecule has 0 radical (unpaired) electrons. The molecule has 1 fully saturated rings. The maximum atomic E-state index is 5.84. The van der Waals surface area contributed by atoms with Gasteiger partial charge in [0.15, 0.2) is 0 Å². The first-order chi connectivity index (χ1) is 8.72. The molecule has 1 aromatic rings. The fraction of sp³-hybridized carbons (Fsp3) is 0.500. The van der Waals surface area contributed by atoms with Gasteiger partial charge in [-0.3, -0.25) is 0 Å². The van der Waals surface area contributed by atoms with Crippen LogP contribution in [0.2, 0.25) is 0 Å². The minimum Gasteiger partial charge on any atom is -0.389 e. The molecule has 98 valence electrons. The number of hydrogen-bond donors (Lipinski definition) is 2. The average Bonchev–Trinajstić information content (AvgIpc) is 2.31. The van der Waals surface area contributed by atoms with Gasteiger partial charge in [-0.2, -0.15) is 0 Å². The Morgan fingerprint density at radius 3 is 2.83 bits per heavy atom. The summed E-state index contributed by atoms with van der Waals surface area (Å²) in [6.45, 7) is 1.01. The highest BCUT2D eigenvalue weighted by Crippen LogP contribution is 2.30. The topological polar surface area (TPSA) is 38.0 Å². The Hall–Kier alpha value is -0.740. The molecule has 0 amide bonds. The second kappa shape index (κ2) is 6.43. The van der Waals surface area contributed by atoms with Crippen LogP contribution in [0.4, 0.5) is 5.69 Å². The lowest BCUT2D eigenvalue weighted by Gasteiger charge is -2.25. The van der Waals surface area contributed by atoms with E-state index in [0.717, 1.165) is 28.6 Å². The molecule has 18 heavy (non-hydrogen) atoms. The molecule has 1 aliphatic rings. The standard InChI is InChI=1S/C14H20N2S2/c1-18-12-7-3-6-11(13(12)14(15)17)16-9-8-10-4-2-5-10/h3,6-7,10,16H,2,4-5,8-9H2,1H3,(H2,15,17). The summed E-state index contributed by atoms with van der Waals surface area (Å²) >= 11 is 6.85. The molecule has 0 spiro atoms. The second-order valence-corrected chi connectivity index (χ2v) is 6.05. The fourth-order valence-corrected chi connectivity index (χ4v) is 3.22. The van der Waals surface area contributed by atoms with Crippen LogP contribution in [-0.4, -0.2) is 17.8 Å². The zero-order chi connectivity index (χ0) is 13.0. The summed E-state index contributed by atoms with van der Waals surface area (Å²) < 4.78 is 0. The summed E-state index contributed by atoms with van der Waals surface area (Å²) in [6.07, 6.45) is 7.50. The number of anilines is 1. The first-order valence-corrected chi connectivity index (χ1v) is 8.06. The number of rotatable bonds is 6. The van der Waals surface area contributed by atoms with Gasteiger partial charge in [-0.05, 0) is 30.7 Å². The van der Waals surface area contributed by atoms with E-state index in [-0.39, 0.29) is 0 Å². The zero-order valence-corrected chi connectivity index (χ0v) is 12.4. The highest BCUT2D eigenvalue weighted by molar-refractivity contribution is 7.98. The van der Waals surface area contributed by atoms with Crippen molar-refractivity contribution in [2.24, 2.45) is 11.7 Å². The van der Waals surface area contributed by atoms with E-state index >= 15 is 0 Å². The van der Waals surface area contributed by atoms with Gasteiger partial charge in [0.05, 0.1) is 0 Å². The van der Waals surface area contributed by atoms with Crippen molar-refractivity contribution in [2.75, 3.05) is 18.1 Å². The van der Waals surface area contributed by atoms with Gasteiger partial charge in [-0.25, -0.2) is 0 Å². The van der Waals surface area contributed by atoms with Crippen molar-refractivity contribution in [3.05, 3.63) is 23.8 Å². The third-order valence-electron chi connectivity index (χ3n) is 3.59. The van der Waals surface area contributed by atoms with Crippen molar-refractivity contribution in [3.63, 3.8) is 0 Å². The van der Waals surface area contributed by atoms with Gasteiger partial charge in [0.2, 0.25) is 0 Å². The molecule has 1 saturated carbocycles. The van der Waals surface area contributed by atoms with Crippen LogP contribution in [0.25, 0.3) is 0 Å². The van der Waals surface area contributed by atoms with Gasteiger partial charge >= 0.3 is 0 Å². The van der Waals surface area contributed by atoms with Gasteiger partial charge in [-0.15, -0.1) is 11.8 Å². The van der Waals surface area contributed by atoms with Crippen molar-refractivity contribution in [2.45, 2.75) is 30.6 Å². The molecule has 4 heteroatoms. The summed E-state index contributed by atoms with van der Waals surface area (Å²) in [5.74, 6) is 0.925. The Kier molecular flexibility index (Phi) is 4.89. The Morgan fingerprint density at radius 2 is 2.28 bits per heavy atom. The molecule has 0 unspecified atom stereocenters. The van der Waals surface area contributed by atoms with Crippen LogP contribution >= 0.6 is 24.0 Å². The summed E-state index contributed by atoms with van der Waals surface area (Å²) in [5, 5.41) is 3.49. The molecule has 1 aliphatic carbocycles. The van der Waals surface area contributed by atoms with E-state index in [1.165, 1.54) is 25.7 Å². The number of benzene rings is 1. The van der Waals surface area contributed by atoms with E-state index in [0.29, 0.717) is 4.99 Å². The molecule has 0 bridgehead atoms. The molecule has 2 nitrogen and oxygen atoms in total. The maximum absolute atomic E-state index is 5.84. The molecule has 0 heterocycles. The van der Waals surface area contributed by atoms with Crippen molar-refractivity contribution in [3.8, 4) is 0 Å². The summed E-state index contributed by atoms with van der Waals surface area (Å²) in [7, 11) is 0. The number of hydrogen-bond acceptors (Lipinski definition) is 3. The number of thioether (sulfide) groups is 1. The quantitative estimate of drug-likeness (QED) is 0.616. The number of thiocarbonyl (C=S) groups is 1. The Labute approximate surface area is 119 Å². The van der Waals surface area contributed by atoms with E-state index in [2.05, 4.69) is 29.8 Å². The van der Waals surface area contributed by atoms with Gasteiger partial charge in [0, 0.05) is 22.7 Å². The number of nitrogens with one attached hydrogen (secondary N) is 1. The largest absolute Gasteiger partial charge is 0.389 e. The highest BCUT2D eigenvalue weighted by Gasteiger charge is 2.17. The molecule has 0 atom stereocenters. The van der Waals surface area contributed by atoms with Crippen molar-refractivity contribution >= 4 is 34.7 Å². The Morgan fingerprint density at radius 1 is 1.50 bits per heavy atom. The molecule has 0 aromatic heterocycles. The number of nitrogens with two attached hydrogens (primary N) is 1. The Bertz CT molecular complexity index is 428. The lowest BCUT2D eigenvalue weighted by atomic mass is 9.83. The normalized spacial score (nSPS) is 15.2. The fourth-order valence-electron chi connectivity index (χ4n) is 2.30. The SMILES string of the molecule is CSc1cccc(NCCC2CCC2)c1C(N)=S. The molecule has 2 rings (SSSR count). The van der Waals surface area contributed by atoms with Crippen LogP contribution in [0.3, 0.4) is 0 Å². The van der Waals surface area contributed by atoms with Gasteiger partial charge in [0.25, 0.3) is 0 Å². The third kappa shape index (κ3) is 3.18. The third-order valence-corrected chi connectivity index (χ3v) is 4.57. The van der Waals surface area contributed by atoms with E-state index in [1.54, 1.807) is 11.8 Å². The van der Waals surface area contributed by atoms with Crippen LogP contribution < -0.4 is 11.1 Å². The molecule has 0 aliphatic heterocycles. The monoisotopic (exact) mass is 280 g/mol. The summed E-state index contributed by atoms with van der Waals surface area (Å²) in [6, 6.07) is 6.19. The molecular formula is C14H20N2S2. The minimum absolute atomic E-state index is 0.478. The predicted molar refractivity (Wildman–Crippen MR) is 84.6 cm³/mol. The van der Waals surface area contributed by atoms with E-state index in [9.17, 15) is 0 Å². The van der Waals surface area contributed by atoms with E-state index in [1.807, 2.05) is 0 Å². The predicted octanol–water partition coefficient (Wildman–Crippen LogP) is 3.64. The van der Waals surface area contributed by atoms with Crippen LogP contribution in [0.15, 0.2) is 23.1 Å². The van der Waals surface area contributed by atoms with Crippen LogP contribution in [0, 0.1) is 5.92 Å². The van der Waals surface area contributed by atoms with Crippen LogP contribution in [0.5, 0.6) is 0 Å². The van der Waals surface area contributed by atoms with Crippen LogP contribution in [0.1, 0.15) is 31.2 Å². The minimum atomic E-state index is 0.478. The van der Waals surface area contributed by atoms with Crippen molar-refractivity contribution < 1.29 is 0 Å². The zero-order valence-electron chi connectivity index (χ0n) is 10.7. The van der Waals surface area contributed by atoms with E-state index in [4.69, 9.17) is 18.0 Å². The molecule has 0 saturated heterocycles.